The molecule has 104 valence electrons. The third-order valence-corrected chi connectivity index (χ3v) is 5.84. The van der Waals surface area contributed by atoms with Gasteiger partial charge in [-0.2, -0.15) is 11.8 Å². The van der Waals surface area contributed by atoms with E-state index in [0.717, 1.165) is 22.3 Å². The molecule has 0 heterocycles. The fourth-order valence-electron chi connectivity index (χ4n) is 2.14. The zero-order chi connectivity index (χ0) is 13.3. The molecule has 0 aromatic heterocycles. The van der Waals surface area contributed by atoms with Gasteiger partial charge >= 0.3 is 0 Å². The maximum Gasteiger partial charge on any atom is 0.00497 e. The van der Waals surface area contributed by atoms with Gasteiger partial charge in [-0.15, -0.1) is 0 Å². The number of hydrogen-bond acceptors (Lipinski definition) is 1. The minimum Gasteiger partial charge on any atom is -0.155 e. The summed E-state index contributed by atoms with van der Waals surface area (Å²) in [5, 5.41) is 1.78. The Morgan fingerprint density at radius 2 is 1.00 bits per heavy atom. The second kappa shape index (κ2) is 10.3. The van der Waals surface area contributed by atoms with Crippen molar-refractivity contribution < 1.29 is 0 Å². The molecule has 0 saturated carbocycles. The Balaban J connectivity index is 4.11. The van der Waals surface area contributed by atoms with E-state index in [2.05, 4.69) is 53.3 Å². The maximum absolute atomic E-state index is 2.40. The van der Waals surface area contributed by atoms with Gasteiger partial charge in [-0.25, -0.2) is 0 Å². The van der Waals surface area contributed by atoms with Gasteiger partial charge in [-0.1, -0.05) is 54.4 Å². The Kier molecular flexibility index (Phi) is 10.5. The summed E-state index contributed by atoms with van der Waals surface area (Å²) >= 11 is 2.28. The van der Waals surface area contributed by atoms with Crippen molar-refractivity contribution in [2.24, 2.45) is 11.8 Å². The monoisotopic (exact) mass is 258 g/mol. The van der Waals surface area contributed by atoms with Crippen molar-refractivity contribution >= 4 is 11.8 Å². The summed E-state index contributed by atoms with van der Waals surface area (Å²) in [5.74, 6) is 1.79. The average molecular weight is 259 g/mol. The standard InChI is InChI=1S/C16H34S/c1-7-13(5)11-15(9-3)17-16(10-4)12-14(6)8-2/h13-16H,7-12H2,1-6H3. The Bertz CT molecular complexity index is 149. The molecule has 4 unspecified atom stereocenters. The Morgan fingerprint density at radius 1 is 0.647 bits per heavy atom. The minimum atomic E-state index is 0.888. The van der Waals surface area contributed by atoms with Crippen LogP contribution in [0.5, 0.6) is 0 Å². The van der Waals surface area contributed by atoms with Gasteiger partial charge in [0.1, 0.15) is 0 Å². The normalized spacial score (nSPS) is 18.7. The average Bonchev–Trinajstić information content (AvgIpc) is 2.36. The highest BCUT2D eigenvalue weighted by Crippen LogP contribution is 2.32. The third kappa shape index (κ3) is 8.13. The predicted molar refractivity (Wildman–Crippen MR) is 83.9 cm³/mol. The molecule has 0 N–H and O–H groups in total. The van der Waals surface area contributed by atoms with Gasteiger partial charge in [-0.3, -0.25) is 0 Å². The lowest BCUT2D eigenvalue weighted by Crippen LogP contribution is -2.15. The summed E-state index contributed by atoms with van der Waals surface area (Å²) in [6.07, 6.45) is 8.17. The zero-order valence-corrected chi connectivity index (χ0v) is 13.8. The number of hydrogen-bond donors (Lipinski definition) is 0. The van der Waals surface area contributed by atoms with Gasteiger partial charge in [0.25, 0.3) is 0 Å². The van der Waals surface area contributed by atoms with Crippen LogP contribution in [0.1, 0.15) is 80.1 Å². The lowest BCUT2D eigenvalue weighted by Gasteiger charge is -2.25. The molecule has 1 heteroatoms. The first kappa shape index (κ1) is 17.4. The fourth-order valence-corrected chi connectivity index (χ4v) is 3.95. The van der Waals surface area contributed by atoms with Crippen LogP contribution < -0.4 is 0 Å². The Hall–Kier alpha value is 0.350. The highest BCUT2D eigenvalue weighted by Gasteiger charge is 2.18. The molecular formula is C16H34S. The van der Waals surface area contributed by atoms with E-state index < -0.39 is 0 Å². The second-order valence-corrected chi connectivity index (χ2v) is 7.30. The maximum atomic E-state index is 2.40. The molecule has 0 saturated heterocycles. The van der Waals surface area contributed by atoms with E-state index in [1.54, 1.807) is 0 Å². The zero-order valence-electron chi connectivity index (χ0n) is 13.0. The largest absolute Gasteiger partial charge is 0.155 e. The van der Waals surface area contributed by atoms with Crippen LogP contribution in [0.15, 0.2) is 0 Å². The molecule has 0 fully saturated rings. The molecule has 0 bridgehead atoms. The van der Waals surface area contributed by atoms with Crippen LogP contribution in [-0.4, -0.2) is 10.5 Å². The van der Waals surface area contributed by atoms with Crippen molar-refractivity contribution in [3.05, 3.63) is 0 Å². The summed E-state index contributed by atoms with van der Waals surface area (Å²) in [7, 11) is 0. The van der Waals surface area contributed by atoms with Gasteiger partial charge in [0.15, 0.2) is 0 Å². The molecule has 0 aromatic carbocycles. The number of rotatable bonds is 10. The second-order valence-electron chi connectivity index (χ2n) is 5.69. The molecule has 0 aliphatic carbocycles. The van der Waals surface area contributed by atoms with E-state index >= 15 is 0 Å². The Labute approximate surface area is 114 Å². The topological polar surface area (TPSA) is 0 Å². The molecule has 0 rings (SSSR count). The Morgan fingerprint density at radius 3 is 1.24 bits per heavy atom. The molecule has 0 aromatic rings. The van der Waals surface area contributed by atoms with Crippen LogP contribution in [-0.2, 0) is 0 Å². The first-order valence-electron chi connectivity index (χ1n) is 7.72. The molecule has 0 nitrogen and oxygen atoms in total. The van der Waals surface area contributed by atoms with E-state index in [1.807, 2.05) is 0 Å². The van der Waals surface area contributed by atoms with Gasteiger partial charge in [0, 0.05) is 10.5 Å². The third-order valence-electron chi connectivity index (χ3n) is 4.02. The van der Waals surface area contributed by atoms with Crippen molar-refractivity contribution in [1.82, 2.24) is 0 Å². The van der Waals surface area contributed by atoms with E-state index in [9.17, 15) is 0 Å². The van der Waals surface area contributed by atoms with Crippen LogP contribution in [0, 0.1) is 11.8 Å². The molecule has 0 radical (unpaired) electrons. The van der Waals surface area contributed by atoms with Crippen molar-refractivity contribution in [1.29, 1.82) is 0 Å². The molecule has 17 heavy (non-hydrogen) atoms. The van der Waals surface area contributed by atoms with Gasteiger partial charge < -0.3 is 0 Å². The summed E-state index contributed by atoms with van der Waals surface area (Å²) in [6.45, 7) is 14.2. The van der Waals surface area contributed by atoms with Crippen molar-refractivity contribution in [3.63, 3.8) is 0 Å². The quantitative estimate of drug-likeness (QED) is 0.453. The molecular weight excluding hydrogens is 224 g/mol. The number of thioether (sulfide) groups is 1. The lowest BCUT2D eigenvalue weighted by atomic mass is 10.0. The highest BCUT2D eigenvalue weighted by molar-refractivity contribution is 8.00. The van der Waals surface area contributed by atoms with Crippen molar-refractivity contribution in [2.45, 2.75) is 90.6 Å². The summed E-state index contributed by atoms with van der Waals surface area (Å²) in [5.41, 5.74) is 0. The molecule has 0 spiro atoms. The first-order chi connectivity index (χ1) is 8.07. The lowest BCUT2D eigenvalue weighted by molar-refractivity contribution is 0.485. The first-order valence-corrected chi connectivity index (χ1v) is 8.66. The fraction of sp³-hybridized carbons (Fsp3) is 1.00. The van der Waals surface area contributed by atoms with Gasteiger partial charge in [-0.05, 0) is 37.5 Å². The SMILES string of the molecule is CCC(C)CC(CC)SC(CC)CC(C)CC. The van der Waals surface area contributed by atoms with E-state index in [1.165, 1.54) is 38.5 Å². The highest BCUT2D eigenvalue weighted by atomic mass is 32.2. The van der Waals surface area contributed by atoms with Gasteiger partial charge in [0.2, 0.25) is 0 Å². The van der Waals surface area contributed by atoms with Crippen molar-refractivity contribution in [3.8, 4) is 0 Å². The summed E-state index contributed by atoms with van der Waals surface area (Å²) in [6, 6.07) is 0. The van der Waals surface area contributed by atoms with Crippen LogP contribution in [0.25, 0.3) is 0 Å². The van der Waals surface area contributed by atoms with Gasteiger partial charge in [0.05, 0.1) is 0 Å². The smallest absolute Gasteiger partial charge is 0.00497 e. The minimum absolute atomic E-state index is 0.888. The predicted octanol–water partition coefficient (Wildman–Crippen LogP) is 6.15. The molecule has 0 aliphatic rings. The summed E-state index contributed by atoms with van der Waals surface area (Å²) < 4.78 is 0. The molecule has 0 aliphatic heterocycles. The van der Waals surface area contributed by atoms with Crippen LogP contribution in [0.3, 0.4) is 0 Å². The van der Waals surface area contributed by atoms with E-state index in [4.69, 9.17) is 0 Å². The van der Waals surface area contributed by atoms with E-state index in [0.29, 0.717) is 0 Å². The summed E-state index contributed by atoms with van der Waals surface area (Å²) in [4.78, 5) is 0. The van der Waals surface area contributed by atoms with Crippen LogP contribution in [0.2, 0.25) is 0 Å². The van der Waals surface area contributed by atoms with Crippen molar-refractivity contribution in [2.75, 3.05) is 0 Å². The molecule has 0 amide bonds. The van der Waals surface area contributed by atoms with Crippen LogP contribution >= 0.6 is 11.8 Å². The van der Waals surface area contributed by atoms with E-state index in [-0.39, 0.29) is 0 Å². The van der Waals surface area contributed by atoms with Crippen LogP contribution in [0.4, 0.5) is 0 Å². The molecule has 4 atom stereocenters.